The topological polar surface area (TPSA) is 77.0 Å². The lowest BCUT2D eigenvalue weighted by Gasteiger charge is -2.35. The van der Waals surface area contributed by atoms with E-state index >= 15 is 0 Å². The van der Waals surface area contributed by atoms with Crippen LogP contribution in [-0.2, 0) is 9.59 Å². The highest BCUT2D eigenvalue weighted by Gasteiger charge is 2.23. The summed E-state index contributed by atoms with van der Waals surface area (Å²) in [5.41, 5.74) is 0. The number of hydrogen-bond acceptors (Lipinski definition) is 3. The molecule has 7 nitrogen and oxygen atoms in total. The first-order valence-electron chi connectivity index (χ1n) is 11.5. The zero-order chi connectivity index (χ0) is 21.5. The molecule has 0 spiro atoms. The second-order valence-electron chi connectivity index (χ2n) is 8.30. The molecular formula is C22H43N5O2. The minimum Gasteiger partial charge on any atom is -0.356 e. The summed E-state index contributed by atoms with van der Waals surface area (Å²) >= 11 is 0. The first-order valence-corrected chi connectivity index (χ1v) is 11.5. The van der Waals surface area contributed by atoms with Crippen molar-refractivity contribution in [1.29, 1.82) is 0 Å². The summed E-state index contributed by atoms with van der Waals surface area (Å²) in [6.07, 6.45) is 7.79. The molecule has 168 valence electrons. The van der Waals surface area contributed by atoms with E-state index in [-0.39, 0.29) is 11.8 Å². The number of unbranched alkanes of at least 4 members (excludes halogenated alkanes) is 4. The highest BCUT2D eigenvalue weighted by atomic mass is 16.2. The van der Waals surface area contributed by atoms with Crippen molar-refractivity contribution in [3.05, 3.63) is 0 Å². The van der Waals surface area contributed by atoms with Crippen LogP contribution in [-0.4, -0.2) is 73.9 Å². The van der Waals surface area contributed by atoms with Crippen molar-refractivity contribution < 1.29 is 9.59 Å². The summed E-state index contributed by atoms with van der Waals surface area (Å²) in [6.45, 7) is 10.8. The molecule has 0 aromatic heterocycles. The van der Waals surface area contributed by atoms with Gasteiger partial charge in [-0.1, -0.05) is 40.0 Å². The third-order valence-corrected chi connectivity index (χ3v) is 5.22. The standard InChI is InChI=1S/C22H43N5O2/c1-5-6-9-12-24-22(23-4)25-13-10-7-8-11-20(28)26-14-16-27(17-15-26)21(29)18-19(2)3/h19H,5-18H2,1-4H3,(H2,23,24,25). The van der Waals surface area contributed by atoms with Crippen molar-refractivity contribution in [1.82, 2.24) is 20.4 Å². The average molecular weight is 410 g/mol. The molecule has 2 N–H and O–H groups in total. The van der Waals surface area contributed by atoms with Gasteiger partial charge in [-0.05, 0) is 25.2 Å². The van der Waals surface area contributed by atoms with Crippen LogP contribution >= 0.6 is 0 Å². The number of nitrogens with zero attached hydrogens (tertiary/aromatic N) is 3. The lowest BCUT2D eigenvalue weighted by molar-refractivity contribution is -0.140. The molecule has 0 aliphatic carbocycles. The zero-order valence-electron chi connectivity index (χ0n) is 19.1. The largest absolute Gasteiger partial charge is 0.356 e. The van der Waals surface area contributed by atoms with Crippen molar-refractivity contribution in [3.63, 3.8) is 0 Å². The molecule has 1 heterocycles. The normalized spacial score (nSPS) is 15.0. The molecule has 0 aromatic carbocycles. The van der Waals surface area contributed by atoms with Crippen molar-refractivity contribution in [2.45, 2.75) is 72.1 Å². The summed E-state index contributed by atoms with van der Waals surface area (Å²) in [5, 5.41) is 6.66. The van der Waals surface area contributed by atoms with Crippen LogP contribution in [0.4, 0.5) is 0 Å². The van der Waals surface area contributed by atoms with Crippen molar-refractivity contribution >= 4 is 17.8 Å². The number of carbonyl (C=O) groups excluding carboxylic acids is 2. The summed E-state index contributed by atoms with van der Waals surface area (Å²) in [4.78, 5) is 32.6. The zero-order valence-corrected chi connectivity index (χ0v) is 19.1. The first-order chi connectivity index (χ1) is 14.0. The SMILES string of the molecule is CCCCCNC(=NC)NCCCCCC(=O)N1CCN(C(=O)CC(C)C)CC1. The van der Waals surface area contributed by atoms with E-state index < -0.39 is 0 Å². The molecule has 0 unspecified atom stereocenters. The molecule has 1 rings (SSSR count). The molecule has 0 aromatic rings. The Hall–Kier alpha value is -1.79. The average Bonchev–Trinajstić information content (AvgIpc) is 2.71. The van der Waals surface area contributed by atoms with E-state index in [0.29, 0.717) is 44.9 Å². The smallest absolute Gasteiger partial charge is 0.222 e. The molecule has 7 heteroatoms. The lowest BCUT2D eigenvalue weighted by atomic mass is 10.1. The maximum absolute atomic E-state index is 12.4. The number of piperazine rings is 1. The van der Waals surface area contributed by atoms with E-state index in [1.165, 1.54) is 19.3 Å². The van der Waals surface area contributed by atoms with Crippen molar-refractivity contribution in [2.75, 3.05) is 46.3 Å². The molecule has 1 aliphatic rings. The Morgan fingerprint density at radius 3 is 1.93 bits per heavy atom. The van der Waals surface area contributed by atoms with Gasteiger partial charge in [0.1, 0.15) is 0 Å². The number of amides is 2. The fraction of sp³-hybridized carbons (Fsp3) is 0.864. The Morgan fingerprint density at radius 2 is 1.41 bits per heavy atom. The van der Waals surface area contributed by atoms with Gasteiger partial charge >= 0.3 is 0 Å². The third-order valence-electron chi connectivity index (χ3n) is 5.22. The number of aliphatic imine (C=N–C) groups is 1. The Labute approximate surface area is 177 Å². The second kappa shape index (κ2) is 15.1. The minimum atomic E-state index is 0.217. The number of carbonyl (C=O) groups is 2. The van der Waals surface area contributed by atoms with Crippen LogP contribution < -0.4 is 10.6 Å². The minimum absolute atomic E-state index is 0.217. The molecule has 1 aliphatic heterocycles. The quantitative estimate of drug-likeness (QED) is 0.295. The molecule has 1 fully saturated rings. The van der Waals surface area contributed by atoms with Gasteiger partial charge in [0.25, 0.3) is 0 Å². The molecule has 29 heavy (non-hydrogen) atoms. The first kappa shape index (κ1) is 25.2. The van der Waals surface area contributed by atoms with Crippen LogP contribution in [0.1, 0.15) is 72.1 Å². The van der Waals surface area contributed by atoms with Gasteiger partial charge in [-0.2, -0.15) is 0 Å². The van der Waals surface area contributed by atoms with Gasteiger partial charge in [-0.15, -0.1) is 0 Å². The van der Waals surface area contributed by atoms with Crippen LogP contribution in [0.2, 0.25) is 0 Å². The monoisotopic (exact) mass is 409 g/mol. The van der Waals surface area contributed by atoms with Gasteiger partial charge in [0, 0.05) is 59.2 Å². The molecule has 2 amide bonds. The molecule has 1 saturated heterocycles. The number of guanidine groups is 1. The fourth-order valence-corrected chi connectivity index (χ4v) is 3.43. The molecular weight excluding hydrogens is 366 g/mol. The Balaban J connectivity index is 2.09. The fourth-order valence-electron chi connectivity index (χ4n) is 3.43. The Kier molecular flexibility index (Phi) is 13.1. The van der Waals surface area contributed by atoms with Crippen LogP contribution in [0, 0.1) is 5.92 Å². The summed E-state index contributed by atoms with van der Waals surface area (Å²) in [5.74, 6) is 1.69. The number of rotatable bonds is 12. The maximum atomic E-state index is 12.4. The van der Waals surface area contributed by atoms with Crippen LogP contribution in [0.25, 0.3) is 0 Å². The van der Waals surface area contributed by atoms with Crippen molar-refractivity contribution in [3.8, 4) is 0 Å². The van der Waals surface area contributed by atoms with E-state index in [4.69, 9.17) is 0 Å². The number of hydrogen-bond donors (Lipinski definition) is 2. The van der Waals surface area contributed by atoms with Crippen LogP contribution in [0.3, 0.4) is 0 Å². The van der Waals surface area contributed by atoms with Crippen molar-refractivity contribution in [2.24, 2.45) is 10.9 Å². The highest BCUT2D eigenvalue weighted by molar-refractivity contribution is 5.79. The molecule has 0 saturated carbocycles. The molecule has 0 atom stereocenters. The van der Waals surface area contributed by atoms with E-state index in [0.717, 1.165) is 38.3 Å². The van der Waals surface area contributed by atoms with E-state index in [1.807, 2.05) is 9.80 Å². The van der Waals surface area contributed by atoms with Gasteiger partial charge in [-0.25, -0.2) is 0 Å². The third kappa shape index (κ3) is 11.1. The Morgan fingerprint density at radius 1 is 0.862 bits per heavy atom. The predicted octanol–water partition coefficient (Wildman–Crippen LogP) is 2.62. The predicted molar refractivity (Wildman–Crippen MR) is 120 cm³/mol. The summed E-state index contributed by atoms with van der Waals surface area (Å²) in [7, 11) is 1.80. The maximum Gasteiger partial charge on any atom is 0.222 e. The highest BCUT2D eigenvalue weighted by Crippen LogP contribution is 2.10. The van der Waals surface area contributed by atoms with Gasteiger partial charge in [0.15, 0.2) is 5.96 Å². The lowest BCUT2D eigenvalue weighted by Crippen LogP contribution is -2.50. The molecule has 0 radical (unpaired) electrons. The van der Waals surface area contributed by atoms with Gasteiger partial charge in [0.2, 0.25) is 11.8 Å². The van der Waals surface area contributed by atoms with Gasteiger partial charge in [0.05, 0.1) is 0 Å². The summed E-state index contributed by atoms with van der Waals surface area (Å²) in [6, 6.07) is 0. The summed E-state index contributed by atoms with van der Waals surface area (Å²) < 4.78 is 0. The van der Waals surface area contributed by atoms with Crippen LogP contribution in [0.15, 0.2) is 4.99 Å². The van der Waals surface area contributed by atoms with E-state index in [9.17, 15) is 9.59 Å². The number of nitrogens with one attached hydrogen (secondary N) is 2. The van der Waals surface area contributed by atoms with Crippen LogP contribution in [0.5, 0.6) is 0 Å². The van der Waals surface area contributed by atoms with E-state index in [1.54, 1.807) is 7.05 Å². The second-order valence-corrected chi connectivity index (χ2v) is 8.30. The molecule has 0 bridgehead atoms. The Bertz CT molecular complexity index is 499. The van der Waals surface area contributed by atoms with Gasteiger partial charge < -0.3 is 20.4 Å². The van der Waals surface area contributed by atoms with Gasteiger partial charge in [-0.3, -0.25) is 14.6 Å². The van der Waals surface area contributed by atoms with E-state index in [2.05, 4.69) is 36.4 Å².